The minimum absolute atomic E-state index is 0.802. The zero-order chi connectivity index (χ0) is 19.9. The molecule has 5 heterocycles. The van der Waals surface area contributed by atoms with Crippen LogP contribution in [0.4, 0.5) is 0 Å². The Morgan fingerprint density at radius 2 is 1.67 bits per heavy atom. The van der Waals surface area contributed by atoms with E-state index in [1.54, 1.807) is 18.6 Å². The zero-order valence-electron chi connectivity index (χ0n) is 15.7. The number of pyridine rings is 2. The summed E-state index contributed by atoms with van der Waals surface area (Å²) in [6, 6.07) is 16.3. The summed E-state index contributed by atoms with van der Waals surface area (Å²) < 4.78 is 0. The van der Waals surface area contributed by atoms with Gasteiger partial charge in [0.2, 0.25) is 0 Å². The molecule has 0 fully saturated rings. The Morgan fingerprint density at radius 1 is 0.733 bits per heavy atom. The molecule has 0 bridgehead atoms. The lowest BCUT2D eigenvalue weighted by molar-refractivity contribution is 1.11. The van der Waals surface area contributed by atoms with Crippen LogP contribution in [0.2, 0.25) is 0 Å². The molecule has 0 saturated carbocycles. The monoisotopic (exact) mass is 389 g/mol. The highest BCUT2D eigenvalue weighted by Crippen LogP contribution is 2.34. The lowest BCUT2D eigenvalue weighted by Gasteiger charge is -2.01. The highest BCUT2D eigenvalue weighted by Gasteiger charge is 2.15. The topological polar surface area (TPSA) is 96.0 Å². The van der Waals surface area contributed by atoms with Crippen LogP contribution >= 0.6 is 0 Å². The molecule has 0 atom stereocenters. The maximum atomic E-state index is 4.55. The van der Waals surface area contributed by atoms with Crippen molar-refractivity contribution in [1.82, 2.24) is 35.1 Å². The Kier molecular flexibility index (Phi) is 3.64. The molecule has 0 radical (unpaired) electrons. The second-order valence-corrected chi connectivity index (χ2v) is 6.98. The third-order valence-corrected chi connectivity index (χ3v) is 5.16. The molecule has 5 aromatic heterocycles. The second-order valence-electron chi connectivity index (χ2n) is 6.98. The molecule has 0 saturated heterocycles. The van der Waals surface area contributed by atoms with Crippen molar-refractivity contribution in [1.29, 1.82) is 0 Å². The van der Waals surface area contributed by atoms with Crippen LogP contribution in [-0.2, 0) is 0 Å². The van der Waals surface area contributed by atoms with Gasteiger partial charge in [0.05, 0.1) is 28.8 Å². The van der Waals surface area contributed by atoms with E-state index >= 15 is 0 Å². The first-order valence-corrected chi connectivity index (χ1v) is 9.50. The van der Waals surface area contributed by atoms with E-state index in [4.69, 9.17) is 0 Å². The first-order chi connectivity index (χ1) is 14.9. The van der Waals surface area contributed by atoms with Crippen LogP contribution in [0, 0.1) is 0 Å². The molecule has 6 rings (SSSR count). The Balaban J connectivity index is 1.52. The largest absolute Gasteiger partial charge is 0.353 e. The van der Waals surface area contributed by atoms with E-state index in [1.807, 2.05) is 36.5 Å². The van der Waals surface area contributed by atoms with E-state index in [0.717, 1.165) is 55.7 Å². The first kappa shape index (κ1) is 16.6. The van der Waals surface area contributed by atoms with Gasteiger partial charge in [-0.1, -0.05) is 18.2 Å². The van der Waals surface area contributed by atoms with Crippen molar-refractivity contribution in [2.45, 2.75) is 0 Å². The maximum Gasteiger partial charge on any atom is 0.116 e. The number of rotatable bonds is 3. The molecular weight excluding hydrogens is 374 g/mol. The predicted molar refractivity (Wildman–Crippen MR) is 115 cm³/mol. The lowest BCUT2D eigenvalue weighted by Crippen LogP contribution is -1.86. The van der Waals surface area contributed by atoms with Crippen molar-refractivity contribution in [3.63, 3.8) is 0 Å². The van der Waals surface area contributed by atoms with Gasteiger partial charge < -0.3 is 4.98 Å². The number of nitrogens with zero attached hydrogens (tertiary/aromatic N) is 5. The molecule has 7 heteroatoms. The number of nitrogens with one attached hydrogen (secondary N) is 2. The number of aromatic nitrogens is 7. The molecule has 0 unspecified atom stereocenters. The van der Waals surface area contributed by atoms with Crippen molar-refractivity contribution < 1.29 is 0 Å². The zero-order valence-corrected chi connectivity index (χ0v) is 15.7. The average Bonchev–Trinajstić information content (AvgIpc) is 3.43. The lowest BCUT2D eigenvalue weighted by atomic mass is 10.1. The van der Waals surface area contributed by atoms with Crippen molar-refractivity contribution in [3.8, 4) is 33.9 Å². The fraction of sp³-hybridized carbons (Fsp3) is 0. The second kappa shape index (κ2) is 6.59. The van der Waals surface area contributed by atoms with Crippen LogP contribution in [0.25, 0.3) is 55.7 Å². The third-order valence-electron chi connectivity index (χ3n) is 5.16. The Morgan fingerprint density at radius 3 is 2.53 bits per heavy atom. The van der Waals surface area contributed by atoms with E-state index in [9.17, 15) is 0 Å². The van der Waals surface area contributed by atoms with E-state index in [2.05, 4.69) is 53.3 Å². The molecule has 142 valence electrons. The first-order valence-electron chi connectivity index (χ1n) is 9.50. The van der Waals surface area contributed by atoms with Crippen LogP contribution in [0.15, 0.2) is 79.6 Å². The quantitative estimate of drug-likeness (QED) is 0.460. The summed E-state index contributed by atoms with van der Waals surface area (Å²) in [7, 11) is 0. The number of hydrogen-bond acceptors (Lipinski definition) is 5. The molecule has 0 aliphatic heterocycles. The molecular formula is C23H15N7. The number of H-pyrrole nitrogens is 2. The van der Waals surface area contributed by atoms with Crippen LogP contribution in [-0.4, -0.2) is 35.1 Å². The number of benzene rings is 1. The van der Waals surface area contributed by atoms with Gasteiger partial charge in [-0.15, -0.1) is 0 Å². The molecule has 2 N–H and O–H groups in total. The number of aromatic amines is 2. The van der Waals surface area contributed by atoms with Gasteiger partial charge in [-0.2, -0.15) is 5.10 Å². The van der Waals surface area contributed by atoms with E-state index in [-0.39, 0.29) is 0 Å². The van der Waals surface area contributed by atoms with Crippen LogP contribution in [0.3, 0.4) is 0 Å². The average molecular weight is 389 g/mol. The third kappa shape index (κ3) is 2.64. The van der Waals surface area contributed by atoms with Crippen molar-refractivity contribution in [2.24, 2.45) is 0 Å². The van der Waals surface area contributed by atoms with Crippen LogP contribution < -0.4 is 0 Å². The summed E-state index contributed by atoms with van der Waals surface area (Å²) in [4.78, 5) is 20.7. The molecule has 1 aromatic carbocycles. The van der Waals surface area contributed by atoms with Gasteiger partial charge in [0.25, 0.3) is 0 Å². The smallest absolute Gasteiger partial charge is 0.116 e. The molecule has 0 spiro atoms. The van der Waals surface area contributed by atoms with Gasteiger partial charge in [-0.3, -0.25) is 15.1 Å². The summed E-state index contributed by atoms with van der Waals surface area (Å²) in [6.45, 7) is 0. The summed E-state index contributed by atoms with van der Waals surface area (Å²) in [5.41, 5.74) is 7.37. The fourth-order valence-corrected chi connectivity index (χ4v) is 3.74. The minimum atomic E-state index is 0.802. The Hall–Kier alpha value is -4.39. The Labute approximate surface area is 170 Å². The van der Waals surface area contributed by atoms with Crippen LogP contribution in [0.5, 0.6) is 0 Å². The summed E-state index contributed by atoms with van der Waals surface area (Å²) in [5.74, 6) is 0. The number of fused-ring (bicyclic) bond motifs is 2. The summed E-state index contributed by atoms with van der Waals surface area (Å²) in [5, 5.41) is 9.72. The molecule has 0 aliphatic carbocycles. The SMILES string of the molecule is c1ccc(-c2cccc3[nH]c(-c4n[nH]c5cnc(-c6cncnc6)cc45)cc23)nc1. The van der Waals surface area contributed by atoms with Gasteiger partial charge in [0.15, 0.2) is 0 Å². The summed E-state index contributed by atoms with van der Waals surface area (Å²) in [6.07, 6.45) is 8.61. The molecule has 0 aliphatic rings. The van der Waals surface area contributed by atoms with Crippen LogP contribution in [0.1, 0.15) is 0 Å². The van der Waals surface area contributed by atoms with E-state index in [0.29, 0.717) is 0 Å². The molecule has 0 amide bonds. The minimum Gasteiger partial charge on any atom is -0.353 e. The standard InChI is InChI=1S/C23H15N7/c1-2-7-26-18(5-1)15-4-3-6-19-16(15)8-21(28-19)23-17-9-20(14-10-24-13-25-11-14)27-12-22(17)29-30-23/h1-13,28H,(H,29,30). The van der Waals surface area contributed by atoms with Crippen molar-refractivity contribution >= 4 is 21.8 Å². The Bertz CT molecular complexity index is 1480. The predicted octanol–water partition coefficient (Wildman–Crippen LogP) is 4.63. The molecule has 30 heavy (non-hydrogen) atoms. The number of hydrogen-bond donors (Lipinski definition) is 2. The molecule has 7 nitrogen and oxygen atoms in total. The van der Waals surface area contributed by atoms with Crippen molar-refractivity contribution in [2.75, 3.05) is 0 Å². The summed E-state index contributed by atoms with van der Waals surface area (Å²) >= 11 is 0. The van der Waals surface area contributed by atoms with E-state index < -0.39 is 0 Å². The van der Waals surface area contributed by atoms with Crippen molar-refractivity contribution in [3.05, 3.63) is 79.6 Å². The van der Waals surface area contributed by atoms with Gasteiger partial charge in [0, 0.05) is 46.0 Å². The van der Waals surface area contributed by atoms with Gasteiger partial charge in [0.1, 0.15) is 12.0 Å². The molecule has 6 aromatic rings. The highest BCUT2D eigenvalue weighted by molar-refractivity contribution is 6.01. The highest BCUT2D eigenvalue weighted by atomic mass is 15.1. The van der Waals surface area contributed by atoms with E-state index in [1.165, 1.54) is 6.33 Å². The fourth-order valence-electron chi connectivity index (χ4n) is 3.74. The van der Waals surface area contributed by atoms with Gasteiger partial charge in [-0.05, 0) is 30.3 Å². The van der Waals surface area contributed by atoms with Gasteiger partial charge in [-0.25, -0.2) is 9.97 Å². The maximum absolute atomic E-state index is 4.55. The van der Waals surface area contributed by atoms with Gasteiger partial charge >= 0.3 is 0 Å². The normalized spacial score (nSPS) is 11.3.